The van der Waals surface area contributed by atoms with E-state index in [1.807, 2.05) is 97.3 Å². The molecule has 4 aromatic carbocycles. The van der Waals surface area contributed by atoms with Crippen molar-refractivity contribution in [3.05, 3.63) is 144 Å². The van der Waals surface area contributed by atoms with Gasteiger partial charge in [-0.25, -0.2) is 0 Å². The number of para-hydroxylation sites is 2. The van der Waals surface area contributed by atoms with E-state index in [1.54, 1.807) is 0 Å². The number of ketones is 2. The molecule has 41 heavy (non-hydrogen) atoms. The highest BCUT2D eigenvalue weighted by molar-refractivity contribution is 6.25. The topological polar surface area (TPSA) is 58.5 Å². The lowest BCUT2D eigenvalue weighted by atomic mass is 9.75. The number of nitrogens with one attached hydrogen (secondary N) is 1. The van der Waals surface area contributed by atoms with Crippen molar-refractivity contribution in [1.82, 2.24) is 0 Å². The highest BCUT2D eigenvalue weighted by Gasteiger charge is 2.27. The van der Waals surface area contributed by atoms with Gasteiger partial charge in [0.2, 0.25) is 0 Å². The van der Waals surface area contributed by atoms with Gasteiger partial charge in [0.1, 0.15) is 0 Å². The minimum absolute atomic E-state index is 0.0334. The molecule has 4 aromatic rings. The fourth-order valence-electron chi connectivity index (χ4n) is 5.27. The van der Waals surface area contributed by atoms with Gasteiger partial charge in [-0.05, 0) is 88.7 Å². The third kappa shape index (κ3) is 7.43. The first-order valence-corrected chi connectivity index (χ1v) is 13.9. The standard InChI is InChI=1S/C24H26N2.C13H8O2/c1-24(2)18-20(13-15-25-22-9-5-3-6-10-22)17-21(19-24)14-16-26-23-11-7-4-8-12-23;14-12-7-13(15)11-6-9-4-2-1-3-8(9)5-10(11)12/h3-17,25H,18-19H2,1-2H3;1-6H,7H2/b15-13+,21-14-,26-16?;. The number of anilines is 1. The number of carbonyl (C=O) groups excluding carboxylic acids is 2. The second kappa shape index (κ2) is 12.6. The Labute approximate surface area is 241 Å². The van der Waals surface area contributed by atoms with Gasteiger partial charge in [0.15, 0.2) is 11.6 Å². The van der Waals surface area contributed by atoms with Crippen molar-refractivity contribution in [2.75, 3.05) is 5.32 Å². The van der Waals surface area contributed by atoms with Crippen LogP contribution in [0.15, 0.2) is 138 Å². The molecule has 2 aliphatic carbocycles. The Hall–Kier alpha value is -4.83. The summed E-state index contributed by atoms with van der Waals surface area (Å²) in [6.45, 7) is 4.64. The van der Waals surface area contributed by atoms with Crippen LogP contribution in [-0.2, 0) is 0 Å². The quantitative estimate of drug-likeness (QED) is 0.203. The second-order valence-electron chi connectivity index (χ2n) is 11.2. The number of nitrogens with zero attached hydrogens (tertiary/aromatic N) is 1. The third-order valence-corrected chi connectivity index (χ3v) is 7.13. The maximum atomic E-state index is 11.5. The van der Waals surface area contributed by atoms with E-state index >= 15 is 0 Å². The molecule has 4 heteroatoms. The van der Waals surface area contributed by atoms with Crippen molar-refractivity contribution in [3.63, 3.8) is 0 Å². The highest BCUT2D eigenvalue weighted by Crippen LogP contribution is 2.38. The minimum Gasteiger partial charge on any atom is -0.362 e. The molecule has 2 aliphatic rings. The molecule has 0 fully saturated rings. The molecule has 0 spiro atoms. The molecule has 0 saturated heterocycles. The van der Waals surface area contributed by atoms with Gasteiger partial charge < -0.3 is 5.32 Å². The van der Waals surface area contributed by atoms with E-state index in [1.165, 1.54) is 11.1 Å². The lowest BCUT2D eigenvalue weighted by Gasteiger charge is -2.30. The molecule has 0 radical (unpaired) electrons. The Morgan fingerprint density at radius 3 is 1.98 bits per heavy atom. The van der Waals surface area contributed by atoms with Gasteiger partial charge in [-0.2, -0.15) is 0 Å². The Morgan fingerprint density at radius 1 is 0.756 bits per heavy atom. The summed E-state index contributed by atoms with van der Waals surface area (Å²) in [4.78, 5) is 27.5. The van der Waals surface area contributed by atoms with Gasteiger partial charge >= 0.3 is 0 Å². The maximum absolute atomic E-state index is 11.5. The molecule has 4 nitrogen and oxygen atoms in total. The van der Waals surface area contributed by atoms with Crippen molar-refractivity contribution in [3.8, 4) is 0 Å². The van der Waals surface area contributed by atoms with Crippen LogP contribution in [0.3, 0.4) is 0 Å². The zero-order valence-corrected chi connectivity index (χ0v) is 23.5. The van der Waals surface area contributed by atoms with E-state index in [0.717, 1.165) is 35.0 Å². The number of rotatable bonds is 5. The van der Waals surface area contributed by atoms with Gasteiger partial charge in [-0.1, -0.05) is 80.6 Å². The van der Waals surface area contributed by atoms with Crippen LogP contribution in [-0.4, -0.2) is 17.8 Å². The van der Waals surface area contributed by atoms with Crippen LogP contribution < -0.4 is 5.32 Å². The first-order valence-electron chi connectivity index (χ1n) is 13.9. The number of fused-ring (bicyclic) bond motifs is 2. The van der Waals surface area contributed by atoms with Crippen LogP contribution in [0, 0.1) is 5.41 Å². The maximum Gasteiger partial charge on any atom is 0.171 e. The van der Waals surface area contributed by atoms with Crippen LogP contribution in [0.4, 0.5) is 11.4 Å². The smallest absolute Gasteiger partial charge is 0.171 e. The SMILES string of the molecule is CC1(C)CC(/C=C/Nc2ccccc2)=CC(=C/C=Nc2ccccc2)/C1.O=C1CC(=O)c2cc3ccccc3cc21. The summed E-state index contributed by atoms with van der Waals surface area (Å²) in [5.41, 5.74) is 6.16. The van der Waals surface area contributed by atoms with Crippen molar-refractivity contribution in [2.24, 2.45) is 10.4 Å². The molecule has 0 heterocycles. The molecule has 0 unspecified atom stereocenters. The number of carbonyl (C=O) groups is 2. The fraction of sp³-hybridized carbons (Fsp3) is 0.162. The summed E-state index contributed by atoms with van der Waals surface area (Å²) in [7, 11) is 0. The third-order valence-electron chi connectivity index (χ3n) is 7.13. The van der Waals surface area contributed by atoms with Gasteiger partial charge in [0.25, 0.3) is 0 Å². The Kier molecular flexibility index (Phi) is 8.50. The van der Waals surface area contributed by atoms with E-state index in [-0.39, 0.29) is 23.4 Å². The van der Waals surface area contributed by atoms with Crippen LogP contribution in [0.1, 0.15) is 53.8 Å². The predicted octanol–water partition coefficient (Wildman–Crippen LogP) is 9.30. The molecule has 1 N–H and O–H groups in total. The molecule has 0 bridgehead atoms. The summed E-state index contributed by atoms with van der Waals surface area (Å²) in [5, 5.41) is 5.36. The van der Waals surface area contributed by atoms with Crippen LogP contribution in [0.25, 0.3) is 10.8 Å². The normalized spacial score (nSPS) is 17.0. The van der Waals surface area contributed by atoms with Crippen LogP contribution >= 0.6 is 0 Å². The summed E-state index contributed by atoms with van der Waals surface area (Å²) in [5.74, 6) is -0.110. The molecule has 0 saturated carbocycles. The van der Waals surface area contributed by atoms with Gasteiger partial charge in [-0.3, -0.25) is 14.6 Å². The second-order valence-corrected chi connectivity index (χ2v) is 11.2. The molecular formula is C37H34N2O2. The first kappa shape index (κ1) is 27.7. The van der Waals surface area contributed by atoms with E-state index < -0.39 is 0 Å². The molecule has 0 amide bonds. The summed E-state index contributed by atoms with van der Waals surface area (Å²) in [6, 6.07) is 31.7. The molecule has 204 valence electrons. The van der Waals surface area contributed by atoms with Crippen molar-refractivity contribution in [2.45, 2.75) is 33.1 Å². The van der Waals surface area contributed by atoms with E-state index in [0.29, 0.717) is 11.1 Å². The van der Waals surface area contributed by atoms with E-state index in [9.17, 15) is 9.59 Å². The zero-order chi connectivity index (χ0) is 28.7. The largest absolute Gasteiger partial charge is 0.362 e. The van der Waals surface area contributed by atoms with Crippen LogP contribution in [0.5, 0.6) is 0 Å². The Bertz CT molecular complexity index is 1620. The Morgan fingerprint density at radius 2 is 1.34 bits per heavy atom. The summed E-state index contributed by atoms with van der Waals surface area (Å²) >= 11 is 0. The number of benzene rings is 4. The molecule has 0 aromatic heterocycles. The molecule has 6 rings (SSSR count). The number of allylic oxidation sites excluding steroid dienone is 5. The molecular weight excluding hydrogens is 504 g/mol. The number of Topliss-reactive ketones (excluding diaryl/α,β-unsaturated/α-hetero) is 2. The number of hydrogen-bond donors (Lipinski definition) is 1. The average Bonchev–Trinajstić information content (AvgIpc) is 3.24. The first-order chi connectivity index (χ1) is 19.9. The zero-order valence-electron chi connectivity index (χ0n) is 23.5. The predicted molar refractivity (Wildman–Crippen MR) is 170 cm³/mol. The summed E-state index contributed by atoms with van der Waals surface area (Å²) in [6.07, 6.45) is 12.7. The van der Waals surface area contributed by atoms with Crippen molar-refractivity contribution in [1.29, 1.82) is 0 Å². The lowest BCUT2D eigenvalue weighted by molar-refractivity contribution is 0.0923. The minimum atomic E-state index is -0.0549. The van der Waals surface area contributed by atoms with Crippen molar-refractivity contribution < 1.29 is 9.59 Å². The van der Waals surface area contributed by atoms with Crippen LogP contribution in [0.2, 0.25) is 0 Å². The van der Waals surface area contributed by atoms with Gasteiger partial charge in [-0.15, -0.1) is 0 Å². The van der Waals surface area contributed by atoms with E-state index in [4.69, 9.17) is 0 Å². The highest BCUT2D eigenvalue weighted by atomic mass is 16.2. The number of hydrogen-bond acceptors (Lipinski definition) is 4. The average molecular weight is 539 g/mol. The van der Waals surface area contributed by atoms with Gasteiger partial charge in [0, 0.05) is 29.2 Å². The van der Waals surface area contributed by atoms with Gasteiger partial charge in [0.05, 0.1) is 12.1 Å². The monoisotopic (exact) mass is 538 g/mol. The lowest BCUT2D eigenvalue weighted by Crippen LogP contribution is -2.16. The molecule has 0 atom stereocenters. The van der Waals surface area contributed by atoms with Crippen molar-refractivity contribution >= 4 is 39.9 Å². The van der Waals surface area contributed by atoms with E-state index in [2.05, 4.69) is 54.5 Å². The fourth-order valence-corrected chi connectivity index (χ4v) is 5.27. The molecule has 0 aliphatic heterocycles. The Balaban J connectivity index is 0.000000189. The summed E-state index contributed by atoms with van der Waals surface area (Å²) < 4.78 is 0. The number of aliphatic imine (C=N–C) groups is 1.